The highest BCUT2D eigenvalue weighted by Crippen LogP contribution is 2.29. The summed E-state index contributed by atoms with van der Waals surface area (Å²) in [6.07, 6.45) is 0.482. The van der Waals surface area contributed by atoms with Gasteiger partial charge < -0.3 is 20.1 Å². The Labute approximate surface area is 203 Å². The van der Waals surface area contributed by atoms with Gasteiger partial charge in [-0.05, 0) is 67.4 Å². The number of carbonyl (C=O) groups is 3. The number of esters is 1. The lowest BCUT2D eigenvalue weighted by Gasteiger charge is -2.09. The number of carbonyl (C=O) groups excluding carboxylic acids is 3. The Balaban J connectivity index is 1.33. The minimum absolute atomic E-state index is 0.0375. The van der Waals surface area contributed by atoms with Crippen LogP contribution in [-0.4, -0.2) is 24.4 Å². The molecule has 0 spiro atoms. The van der Waals surface area contributed by atoms with Gasteiger partial charge in [0.05, 0.1) is 5.02 Å². The van der Waals surface area contributed by atoms with Gasteiger partial charge in [-0.3, -0.25) is 14.4 Å². The smallest absolute Gasteiger partial charge is 0.306 e. The van der Waals surface area contributed by atoms with Crippen LogP contribution in [0.4, 0.5) is 11.4 Å². The van der Waals surface area contributed by atoms with Crippen molar-refractivity contribution in [2.24, 2.45) is 0 Å². The van der Waals surface area contributed by atoms with Crippen LogP contribution in [0.2, 0.25) is 5.02 Å². The molecule has 3 rings (SSSR count). The molecule has 3 aromatic rings. The van der Waals surface area contributed by atoms with Gasteiger partial charge in [0.2, 0.25) is 5.91 Å². The highest BCUT2D eigenvalue weighted by molar-refractivity contribution is 6.32. The molecule has 0 saturated carbocycles. The summed E-state index contributed by atoms with van der Waals surface area (Å²) in [6.45, 7) is 1.54. The predicted molar refractivity (Wildman–Crippen MR) is 131 cm³/mol. The third kappa shape index (κ3) is 8.26. The van der Waals surface area contributed by atoms with Crippen LogP contribution in [0.1, 0.15) is 24.8 Å². The van der Waals surface area contributed by atoms with Gasteiger partial charge in [-0.25, -0.2) is 0 Å². The Morgan fingerprint density at radius 2 is 1.56 bits per heavy atom. The zero-order valence-electron chi connectivity index (χ0n) is 18.7. The summed E-state index contributed by atoms with van der Waals surface area (Å²) in [7, 11) is 0. The van der Waals surface area contributed by atoms with E-state index in [9.17, 15) is 14.4 Å². The average molecular weight is 481 g/mol. The number of hydrogen-bond donors (Lipinski definition) is 2. The maximum atomic E-state index is 12.1. The molecule has 0 aliphatic rings. The summed E-state index contributed by atoms with van der Waals surface area (Å²) >= 11 is 6.08. The van der Waals surface area contributed by atoms with Crippen molar-refractivity contribution in [2.75, 3.05) is 17.2 Å². The molecule has 0 bridgehead atoms. The van der Waals surface area contributed by atoms with E-state index in [4.69, 9.17) is 21.1 Å². The fourth-order valence-corrected chi connectivity index (χ4v) is 3.19. The summed E-state index contributed by atoms with van der Waals surface area (Å²) < 4.78 is 10.7. The van der Waals surface area contributed by atoms with Gasteiger partial charge >= 0.3 is 5.97 Å². The van der Waals surface area contributed by atoms with E-state index in [-0.39, 0.29) is 25.4 Å². The van der Waals surface area contributed by atoms with Crippen molar-refractivity contribution in [1.29, 1.82) is 0 Å². The first-order valence-electron chi connectivity index (χ1n) is 10.7. The van der Waals surface area contributed by atoms with E-state index < -0.39 is 11.9 Å². The molecule has 0 fully saturated rings. The van der Waals surface area contributed by atoms with Crippen molar-refractivity contribution >= 4 is 40.8 Å². The first kappa shape index (κ1) is 24.8. The Hall–Kier alpha value is -3.84. The minimum atomic E-state index is -0.534. The lowest BCUT2D eigenvalue weighted by atomic mass is 10.2. The molecule has 0 aliphatic heterocycles. The number of ether oxygens (including phenoxy) is 2. The van der Waals surface area contributed by atoms with Crippen LogP contribution in [-0.2, 0) is 19.1 Å². The maximum Gasteiger partial charge on any atom is 0.306 e. The van der Waals surface area contributed by atoms with Crippen LogP contribution in [0.15, 0.2) is 72.8 Å². The Morgan fingerprint density at radius 3 is 2.29 bits per heavy atom. The Kier molecular flexibility index (Phi) is 9.05. The Bertz CT molecular complexity index is 1150. The molecule has 34 heavy (non-hydrogen) atoms. The first-order chi connectivity index (χ1) is 16.4. The van der Waals surface area contributed by atoms with Crippen molar-refractivity contribution in [1.82, 2.24) is 0 Å². The molecular weight excluding hydrogens is 456 g/mol. The highest BCUT2D eigenvalue weighted by atomic mass is 35.5. The third-order valence-corrected chi connectivity index (χ3v) is 4.97. The molecule has 2 amide bonds. The van der Waals surface area contributed by atoms with E-state index in [2.05, 4.69) is 10.6 Å². The van der Waals surface area contributed by atoms with Crippen molar-refractivity contribution in [3.05, 3.63) is 83.4 Å². The van der Waals surface area contributed by atoms with Gasteiger partial charge in [-0.15, -0.1) is 0 Å². The Morgan fingerprint density at radius 1 is 0.824 bits per heavy atom. The molecule has 0 atom stereocenters. The zero-order chi connectivity index (χ0) is 24.3. The third-order valence-electron chi connectivity index (χ3n) is 4.65. The van der Waals surface area contributed by atoms with Gasteiger partial charge in [0, 0.05) is 24.2 Å². The van der Waals surface area contributed by atoms with Gasteiger partial charge in [0.1, 0.15) is 11.5 Å². The second kappa shape index (κ2) is 12.4. The summed E-state index contributed by atoms with van der Waals surface area (Å²) in [5.74, 6) is -0.0579. The molecule has 0 radical (unpaired) electrons. The lowest BCUT2D eigenvalue weighted by molar-refractivity contribution is -0.147. The summed E-state index contributed by atoms with van der Waals surface area (Å²) in [6, 6.07) is 21.3. The summed E-state index contributed by atoms with van der Waals surface area (Å²) in [5, 5.41) is 5.93. The number of nitrogens with one attached hydrogen (secondary N) is 2. The summed E-state index contributed by atoms with van der Waals surface area (Å²) in [5.41, 5.74) is 2.25. The monoisotopic (exact) mass is 480 g/mol. The molecule has 0 heterocycles. The van der Waals surface area contributed by atoms with Gasteiger partial charge in [-0.2, -0.15) is 0 Å². The fraction of sp³-hybridized carbons (Fsp3) is 0.192. The number of aryl methyl sites for hydroxylation is 1. The van der Waals surface area contributed by atoms with E-state index in [0.717, 1.165) is 5.56 Å². The molecule has 3 aromatic carbocycles. The van der Waals surface area contributed by atoms with Gasteiger partial charge in [-0.1, -0.05) is 35.9 Å². The fourth-order valence-electron chi connectivity index (χ4n) is 3.02. The molecule has 2 N–H and O–H groups in total. The average Bonchev–Trinajstić information content (AvgIpc) is 2.80. The van der Waals surface area contributed by atoms with E-state index in [1.807, 2.05) is 37.3 Å². The van der Waals surface area contributed by atoms with E-state index >= 15 is 0 Å². The van der Waals surface area contributed by atoms with Crippen molar-refractivity contribution in [3.8, 4) is 11.5 Å². The van der Waals surface area contributed by atoms with Crippen molar-refractivity contribution in [2.45, 2.75) is 26.2 Å². The largest absolute Gasteiger partial charge is 0.456 e. The van der Waals surface area contributed by atoms with Crippen LogP contribution in [0, 0.1) is 6.92 Å². The van der Waals surface area contributed by atoms with Crippen molar-refractivity contribution < 1.29 is 23.9 Å². The number of amides is 2. The normalized spacial score (nSPS) is 10.3. The molecule has 8 heteroatoms. The van der Waals surface area contributed by atoms with Crippen LogP contribution in [0.25, 0.3) is 0 Å². The standard InChI is InChI=1S/C26H25ClN2O5/c1-18-6-4-7-20(16-18)29-25(31)17-33-26(32)11-5-10-24(30)28-19-12-14-21(15-13-19)34-23-9-3-2-8-22(23)27/h2-4,6-9,12-16H,5,10-11,17H2,1H3,(H,28,30)(H,29,31). The maximum absolute atomic E-state index is 12.1. The quantitative estimate of drug-likeness (QED) is 0.361. The van der Waals surface area contributed by atoms with Crippen LogP contribution >= 0.6 is 11.6 Å². The number of benzene rings is 3. The van der Waals surface area contributed by atoms with Gasteiger partial charge in [0.25, 0.3) is 5.91 Å². The predicted octanol–water partition coefficient (Wildman–Crippen LogP) is 5.73. The summed E-state index contributed by atoms with van der Waals surface area (Å²) in [4.78, 5) is 35.9. The van der Waals surface area contributed by atoms with E-state index in [0.29, 0.717) is 34.3 Å². The number of hydrogen-bond acceptors (Lipinski definition) is 5. The van der Waals surface area contributed by atoms with E-state index in [1.54, 1.807) is 42.5 Å². The minimum Gasteiger partial charge on any atom is -0.456 e. The molecule has 0 saturated heterocycles. The number of halogens is 1. The topological polar surface area (TPSA) is 93.7 Å². The van der Waals surface area contributed by atoms with E-state index in [1.165, 1.54) is 0 Å². The second-order valence-electron chi connectivity index (χ2n) is 7.54. The number of rotatable bonds is 10. The second-order valence-corrected chi connectivity index (χ2v) is 7.94. The number of anilines is 2. The van der Waals surface area contributed by atoms with Gasteiger partial charge in [0.15, 0.2) is 6.61 Å². The molecule has 7 nitrogen and oxygen atoms in total. The van der Waals surface area contributed by atoms with Crippen LogP contribution in [0.3, 0.4) is 0 Å². The van der Waals surface area contributed by atoms with Crippen LogP contribution in [0.5, 0.6) is 11.5 Å². The molecular formula is C26H25ClN2O5. The zero-order valence-corrected chi connectivity index (χ0v) is 19.4. The van der Waals surface area contributed by atoms with Crippen LogP contribution < -0.4 is 15.4 Å². The number of para-hydroxylation sites is 1. The molecule has 0 aromatic heterocycles. The molecule has 0 unspecified atom stereocenters. The lowest BCUT2D eigenvalue weighted by Crippen LogP contribution is -2.21. The highest BCUT2D eigenvalue weighted by Gasteiger charge is 2.10. The SMILES string of the molecule is Cc1cccc(NC(=O)COC(=O)CCCC(=O)Nc2ccc(Oc3ccccc3Cl)cc2)c1. The van der Waals surface area contributed by atoms with Crippen molar-refractivity contribution in [3.63, 3.8) is 0 Å². The first-order valence-corrected chi connectivity index (χ1v) is 11.1. The molecule has 176 valence electrons. The molecule has 0 aliphatic carbocycles.